The Morgan fingerprint density at radius 3 is 2.24 bits per heavy atom. The molecule has 1 rings (SSSR count). The Bertz CT molecular complexity index is 618. The number of sulfonamides is 1. The van der Waals surface area contributed by atoms with E-state index in [1.165, 1.54) is 13.8 Å². The first-order valence-corrected chi connectivity index (χ1v) is 8.10. The van der Waals surface area contributed by atoms with Crippen LogP contribution in [0.1, 0.15) is 19.4 Å². The van der Waals surface area contributed by atoms with Gasteiger partial charge in [0.15, 0.2) is 0 Å². The van der Waals surface area contributed by atoms with Crippen LogP contribution in [0.15, 0.2) is 21.5 Å². The first-order valence-electron chi connectivity index (χ1n) is 5.82. The summed E-state index contributed by atoms with van der Waals surface area (Å²) in [7, 11) is 12.3. The van der Waals surface area contributed by atoms with Gasteiger partial charge in [-0.15, -0.1) is 5.11 Å². The van der Waals surface area contributed by atoms with Crippen molar-refractivity contribution in [1.29, 1.82) is 0 Å². The summed E-state index contributed by atoms with van der Waals surface area (Å²) in [4.78, 5) is -0.343. The molecule has 0 amide bonds. The molecule has 0 aliphatic carbocycles. The number of nitrogens with one attached hydrogen (secondary N) is 1. The molecule has 108 valence electrons. The van der Waals surface area contributed by atoms with Gasteiger partial charge in [-0.25, -0.2) is 17.5 Å². The highest BCUT2D eigenvalue weighted by Gasteiger charge is 2.25. The van der Waals surface area contributed by atoms with E-state index < -0.39 is 26.6 Å². The van der Waals surface area contributed by atoms with Gasteiger partial charge in [0.1, 0.15) is 5.82 Å². The summed E-state index contributed by atoms with van der Waals surface area (Å²) in [5.74, 6) is -0.958. The number of benzene rings is 1. The van der Waals surface area contributed by atoms with E-state index in [1.54, 1.807) is 0 Å². The van der Waals surface area contributed by atoms with E-state index in [1.807, 2.05) is 0 Å². The molecule has 10 heteroatoms. The molecule has 1 aromatic rings. The fourth-order valence-corrected chi connectivity index (χ4v) is 3.65. The van der Waals surface area contributed by atoms with Crippen molar-refractivity contribution >= 4 is 49.5 Å². The van der Waals surface area contributed by atoms with E-state index in [0.717, 1.165) is 12.1 Å². The fourth-order valence-electron chi connectivity index (χ4n) is 1.47. The summed E-state index contributed by atoms with van der Waals surface area (Å²) < 4.78 is 40.3. The third-order valence-corrected chi connectivity index (χ3v) is 4.46. The number of hydrogen-bond donors (Lipinski definition) is 2. The Kier molecular flexibility index (Phi) is 5.41. The standard InChI is InChI=1S/C11H12B3BrFNO3S/c1-10(2,18)5-17-21(19,20)6-3-7(15)9(8(16)4-6)11(12,13)14/h3-4,17-18H,5H2,1-2H3. The van der Waals surface area contributed by atoms with E-state index in [4.69, 9.17) is 23.5 Å². The topological polar surface area (TPSA) is 66.4 Å². The van der Waals surface area contributed by atoms with Crippen LogP contribution in [0.3, 0.4) is 0 Å². The summed E-state index contributed by atoms with van der Waals surface area (Å²) in [5, 5.41) is 7.58. The molecule has 0 saturated carbocycles. The van der Waals surface area contributed by atoms with Crippen molar-refractivity contribution < 1.29 is 17.9 Å². The van der Waals surface area contributed by atoms with Gasteiger partial charge in [0.2, 0.25) is 10.0 Å². The highest BCUT2D eigenvalue weighted by molar-refractivity contribution is 9.10. The average molecular weight is 370 g/mol. The molecule has 0 aliphatic heterocycles. The fraction of sp³-hybridized carbons (Fsp3) is 0.455. The highest BCUT2D eigenvalue weighted by Crippen LogP contribution is 2.30. The zero-order valence-electron chi connectivity index (χ0n) is 11.5. The smallest absolute Gasteiger partial charge is 0.240 e. The lowest BCUT2D eigenvalue weighted by atomic mass is 9.40. The van der Waals surface area contributed by atoms with Crippen molar-refractivity contribution in [3.63, 3.8) is 0 Å². The van der Waals surface area contributed by atoms with Gasteiger partial charge in [0, 0.05) is 11.0 Å². The molecule has 0 bridgehead atoms. The molecule has 0 unspecified atom stereocenters. The zero-order chi connectivity index (χ0) is 16.6. The maximum atomic E-state index is 14.0. The van der Waals surface area contributed by atoms with Gasteiger partial charge < -0.3 is 5.11 Å². The molecule has 2 N–H and O–H groups in total. The number of aliphatic hydroxyl groups is 1. The average Bonchev–Trinajstić information content (AvgIpc) is 2.22. The lowest BCUT2D eigenvalue weighted by Crippen LogP contribution is -2.38. The number of rotatable bonds is 5. The normalized spacial score (nSPS) is 13.4. The molecule has 0 atom stereocenters. The van der Waals surface area contributed by atoms with Crippen molar-refractivity contribution in [2.24, 2.45) is 0 Å². The third-order valence-electron chi connectivity index (χ3n) is 2.45. The Morgan fingerprint density at radius 1 is 1.33 bits per heavy atom. The second-order valence-corrected chi connectivity index (χ2v) is 7.95. The monoisotopic (exact) mass is 369 g/mol. The summed E-state index contributed by atoms with van der Waals surface area (Å²) in [6.45, 7) is 2.63. The first-order chi connectivity index (χ1) is 9.24. The lowest BCUT2D eigenvalue weighted by Gasteiger charge is -2.24. The molecular weight excluding hydrogens is 358 g/mol. The van der Waals surface area contributed by atoms with E-state index in [9.17, 15) is 17.9 Å². The van der Waals surface area contributed by atoms with Crippen LogP contribution < -0.4 is 4.72 Å². The second kappa shape index (κ2) is 6.06. The summed E-state index contributed by atoms with van der Waals surface area (Å²) in [5.41, 5.74) is -1.49. The molecule has 0 aliphatic rings. The molecule has 0 heterocycles. The number of hydrogen-bond acceptors (Lipinski definition) is 3. The van der Waals surface area contributed by atoms with Gasteiger partial charge in [-0.3, -0.25) is 0 Å². The molecule has 0 aromatic heterocycles. The number of halogens is 2. The van der Waals surface area contributed by atoms with E-state index in [2.05, 4.69) is 20.7 Å². The van der Waals surface area contributed by atoms with Gasteiger partial charge >= 0.3 is 0 Å². The first kappa shape index (κ1) is 18.7. The molecule has 1 aromatic carbocycles. The van der Waals surface area contributed by atoms with Gasteiger partial charge in [0.05, 0.1) is 34.0 Å². The minimum absolute atomic E-state index is 0.0265. The molecule has 0 spiro atoms. The Balaban J connectivity index is 3.22. The molecule has 0 fully saturated rings. The summed E-state index contributed by atoms with van der Waals surface area (Å²) in [6, 6.07) is 1.89. The molecular formula is C11H12B3BrFNO3S. The van der Waals surface area contributed by atoms with Crippen molar-refractivity contribution in [1.82, 2.24) is 4.72 Å². The van der Waals surface area contributed by atoms with Gasteiger partial charge in [-0.2, -0.15) is 0 Å². The summed E-state index contributed by atoms with van der Waals surface area (Å²) >= 11 is 3.00. The summed E-state index contributed by atoms with van der Waals surface area (Å²) in [6.07, 6.45) is 0. The van der Waals surface area contributed by atoms with Crippen LogP contribution in [0.5, 0.6) is 0 Å². The van der Waals surface area contributed by atoms with Gasteiger partial charge in [-0.05, 0) is 31.5 Å². The van der Waals surface area contributed by atoms with Crippen LogP contribution in [0.25, 0.3) is 0 Å². The Hall–Kier alpha value is -0.305. The predicted octanol–water partition coefficient (Wildman–Crippen LogP) is 0.253. The van der Waals surface area contributed by atoms with Crippen LogP contribution in [-0.4, -0.2) is 49.2 Å². The molecule has 6 radical (unpaired) electrons. The Morgan fingerprint density at radius 2 is 1.86 bits per heavy atom. The van der Waals surface area contributed by atoms with Crippen LogP contribution in [0, 0.1) is 5.82 Å². The van der Waals surface area contributed by atoms with Crippen LogP contribution >= 0.6 is 15.9 Å². The quantitative estimate of drug-likeness (QED) is 0.732. The maximum Gasteiger partial charge on any atom is 0.240 e. The van der Waals surface area contributed by atoms with Crippen molar-refractivity contribution in [2.75, 3.05) is 6.54 Å². The minimum atomic E-state index is -4.00. The minimum Gasteiger partial charge on any atom is -0.389 e. The van der Waals surface area contributed by atoms with Crippen LogP contribution in [-0.2, 0) is 15.1 Å². The van der Waals surface area contributed by atoms with Gasteiger partial charge in [-0.1, -0.05) is 15.9 Å². The second-order valence-electron chi connectivity index (χ2n) is 5.33. The van der Waals surface area contributed by atoms with E-state index in [0.29, 0.717) is 0 Å². The Labute approximate surface area is 136 Å². The maximum absolute atomic E-state index is 14.0. The van der Waals surface area contributed by atoms with E-state index >= 15 is 0 Å². The highest BCUT2D eigenvalue weighted by atomic mass is 79.9. The molecule has 0 saturated heterocycles. The third kappa shape index (κ3) is 5.12. The van der Waals surface area contributed by atoms with Crippen LogP contribution in [0.4, 0.5) is 4.39 Å². The van der Waals surface area contributed by atoms with Gasteiger partial charge in [0.25, 0.3) is 0 Å². The predicted molar refractivity (Wildman–Crippen MR) is 84.5 cm³/mol. The van der Waals surface area contributed by atoms with E-state index in [-0.39, 0.29) is 21.5 Å². The molecule has 21 heavy (non-hydrogen) atoms. The SMILES string of the molecule is [B]C([B])([B])c1c(F)cc(S(=O)(=O)NCC(C)(C)O)cc1Br. The largest absolute Gasteiger partial charge is 0.389 e. The zero-order valence-corrected chi connectivity index (χ0v) is 13.9. The molecule has 4 nitrogen and oxygen atoms in total. The van der Waals surface area contributed by atoms with Crippen molar-refractivity contribution in [3.8, 4) is 0 Å². The lowest BCUT2D eigenvalue weighted by molar-refractivity contribution is 0.0857. The van der Waals surface area contributed by atoms with Crippen molar-refractivity contribution in [2.45, 2.75) is 29.5 Å². The van der Waals surface area contributed by atoms with Crippen molar-refractivity contribution in [3.05, 3.63) is 28.0 Å². The van der Waals surface area contributed by atoms with Crippen LogP contribution in [0.2, 0.25) is 0 Å².